The zero-order valence-corrected chi connectivity index (χ0v) is 15.9. The fraction of sp³-hybridized carbons (Fsp3) is 0.350. The summed E-state index contributed by atoms with van der Waals surface area (Å²) in [4.78, 5) is 32.8. The van der Waals surface area contributed by atoms with Gasteiger partial charge in [-0.3, -0.25) is 9.59 Å². The van der Waals surface area contributed by atoms with Crippen molar-refractivity contribution in [2.45, 2.75) is 6.92 Å². The minimum Gasteiger partial charge on any atom is -0.459 e. The van der Waals surface area contributed by atoms with E-state index in [4.69, 9.17) is 4.42 Å². The summed E-state index contributed by atoms with van der Waals surface area (Å²) in [6.07, 6.45) is 1.50. The van der Waals surface area contributed by atoms with Crippen molar-refractivity contribution in [2.24, 2.45) is 4.99 Å². The van der Waals surface area contributed by atoms with Crippen molar-refractivity contribution in [3.05, 3.63) is 54.5 Å². The summed E-state index contributed by atoms with van der Waals surface area (Å²) in [5, 5.41) is 6.04. The van der Waals surface area contributed by atoms with E-state index in [-0.39, 0.29) is 18.4 Å². The monoisotopic (exact) mass is 383 g/mol. The Bertz CT molecular complexity index is 797. The third-order valence-electron chi connectivity index (χ3n) is 4.36. The average molecular weight is 383 g/mol. The van der Waals surface area contributed by atoms with Gasteiger partial charge in [0, 0.05) is 38.4 Å². The molecule has 0 aliphatic carbocycles. The molecular weight excluding hydrogens is 358 g/mol. The van der Waals surface area contributed by atoms with Gasteiger partial charge in [-0.1, -0.05) is 18.2 Å². The molecule has 0 atom stereocenters. The molecule has 3 rings (SSSR count). The number of amides is 2. The molecule has 2 N–H and O–H groups in total. The van der Waals surface area contributed by atoms with Gasteiger partial charge in [0.1, 0.15) is 6.54 Å². The molecule has 28 heavy (non-hydrogen) atoms. The van der Waals surface area contributed by atoms with Crippen molar-refractivity contribution in [3.8, 4) is 0 Å². The molecule has 0 unspecified atom stereocenters. The fourth-order valence-corrected chi connectivity index (χ4v) is 2.97. The number of furan rings is 1. The molecule has 0 radical (unpaired) electrons. The van der Waals surface area contributed by atoms with Crippen LogP contribution in [0.4, 0.5) is 5.69 Å². The van der Waals surface area contributed by atoms with Gasteiger partial charge >= 0.3 is 0 Å². The number of piperazine rings is 1. The number of carbonyl (C=O) groups excluding carboxylic acids is 2. The lowest BCUT2D eigenvalue weighted by Crippen LogP contribution is -2.53. The third-order valence-corrected chi connectivity index (χ3v) is 4.36. The second-order valence-corrected chi connectivity index (χ2v) is 6.34. The van der Waals surface area contributed by atoms with Crippen molar-refractivity contribution in [3.63, 3.8) is 0 Å². The quantitative estimate of drug-likeness (QED) is 0.605. The molecule has 2 heterocycles. The van der Waals surface area contributed by atoms with Crippen molar-refractivity contribution < 1.29 is 14.0 Å². The van der Waals surface area contributed by atoms with Gasteiger partial charge in [0.25, 0.3) is 5.91 Å². The first-order valence-corrected chi connectivity index (χ1v) is 9.38. The highest BCUT2D eigenvalue weighted by molar-refractivity contribution is 5.94. The number of guanidine groups is 1. The lowest BCUT2D eigenvalue weighted by molar-refractivity contribution is -0.114. The number of para-hydroxylation sites is 1. The Morgan fingerprint density at radius 2 is 1.75 bits per heavy atom. The lowest BCUT2D eigenvalue weighted by Gasteiger charge is -2.36. The van der Waals surface area contributed by atoms with Crippen LogP contribution in [-0.4, -0.2) is 66.8 Å². The van der Waals surface area contributed by atoms with Crippen LogP contribution in [0.25, 0.3) is 0 Å². The van der Waals surface area contributed by atoms with Crippen molar-refractivity contribution in [1.29, 1.82) is 0 Å². The Kier molecular flexibility index (Phi) is 6.67. The summed E-state index contributed by atoms with van der Waals surface area (Å²) < 4.78 is 5.19. The number of nitrogens with zero attached hydrogens (tertiary/aromatic N) is 3. The van der Waals surface area contributed by atoms with Gasteiger partial charge in [0.2, 0.25) is 5.91 Å². The molecule has 1 aromatic heterocycles. The number of nitrogens with one attached hydrogen (secondary N) is 2. The summed E-state index contributed by atoms with van der Waals surface area (Å²) in [6.45, 7) is 5.13. The highest BCUT2D eigenvalue weighted by atomic mass is 16.3. The lowest BCUT2D eigenvalue weighted by atomic mass is 10.3. The van der Waals surface area contributed by atoms with Gasteiger partial charge in [-0.05, 0) is 31.2 Å². The van der Waals surface area contributed by atoms with Crippen molar-refractivity contribution >= 4 is 23.5 Å². The zero-order chi connectivity index (χ0) is 19.8. The number of rotatable bonds is 5. The molecule has 148 valence electrons. The third kappa shape index (κ3) is 5.12. The number of hydrogen-bond acceptors (Lipinski definition) is 4. The van der Waals surface area contributed by atoms with Gasteiger partial charge in [0.15, 0.2) is 11.7 Å². The maximum Gasteiger partial charge on any atom is 0.289 e. The molecule has 2 aromatic rings. The minimum absolute atomic E-state index is 0.0305. The number of aliphatic imine (C=N–C) groups is 1. The molecular formula is C20H25N5O3. The second kappa shape index (κ2) is 9.59. The molecule has 2 amide bonds. The molecule has 1 fully saturated rings. The molecule has 1 saturated heterocycles. The van der Waals surface area contributed by atoms with Crippen LogP contribution >= 0.6 is 0 Å². The van der Waals surface area contributed by atoms with E-state index in [9.17, 15) is 9.59 Å². The van der Waals surface area contributed by atoms with E-state index in [2.05, 4.69) is 20.5 Å². The van der Waals surface area contributed by atoms with E-state index >= 15 is 0 Å². The summed E-state index contributed by atoms with van der Waals surface area (Å²) >= 11 is 0. The van der Waals surface area contributed by atoms with Crippen LogP contribution in [0.2, 0.25) is 0 Å². The van der Waals surface area contributed by atoms with E-state index in [0.29, 0.717) is 44.4 Å². The van der Waals surface area contributed by atoms with E-state index in [1.807, 2.05) is 37.3 Å². The summed E-state index contributed by atoms with van der Waals surface area (Å²) in [7, 11) is 0. The van der Waals surface area contributed by atoms with E-state index in [0.717, 1.165) is 5.69 Å². The van der Waals surface area contributed by atoms with Gasteiger partial charge in [-0.15, -0.1) is 0 Å². The van der Waals surface area contributed by atoms with Crippen LogP contribution < -0.4 is 10.6 Å². The predicted molar refractivity (Wildman–Crippen MR) is 107 cm³/mol. The van der Waals surface area contributed by atoms with Crippen molar-refractivity contribution in [2.75, 3.05) is 44.6 Å². The van der Waals surface area contributed by atoms with Crippen LogP contribution in [-0.2, 0) is 4.79 Å². The Labute approximate surface area is 164 Å². The predicted octanol–water partition coefficient (Wildman–Crippen LogP) is 1.64. The smallest absolute Gasteiger partial charge is 0.289 e. The molecule has 0 spiro atoms. The molecule has 0 bridgehead atoms. The summed E-state index contributed by atoms with van der Waals surface area (Å²) in [5.74, 6) is 0.754. The van der Waals surface area contributed by atoms with E-state index < -0.39 is 0 Å². The molecule has 8 heteroatoms. The maximum absolute atomic E-state index is 12.4. The summed E-state index contributed by atoms with van der Waals surface area (Å²) in [6, 6.07) is 12.7. The highest BCUT2D eigenvalue weighted by Crippen LogP contribution is 2.10. The minimum atomic E-state index is -0.173. The summed E-state index contributed by atoms with van der Waals surface area (Å²) in [5.41, 5.74) is 0.748. The highest BCUT2D eigenvalue weighted by Gasteiger charge is 2.25. The Hall–Kier alpha value is -3.29. The Balaban J connectivity index is 1.54. The fourth-order valence-electron chi connectivity index (χ4n) is 2.97. The van der Waals surface area contributed by atoms with E-state index in [1.54, 1.807) is 17.0 Å². The molecule has 1 aromatic carbocycles. The first-order chi connectivity index (χ1) is 13.7. The number of anilines is 1. The maximum atomic E-state index is 12.4. The average Bonchev–Trinajstić information content (AvgIpc) is 3.26. The van der Waals surface area contributed by atoms with Crippen LogP contribution in [0.5, 0.6) is 0 Å². The van der Waals surface area contributed by atoms with Gasteiger partial charge in [-0.2, -0.15) is 0 Å². The molecule has 1 aliphatic heterocycles. The molecule has 8 nitrogen and oxygen atoms in total. The second-order valence-electron chi connectivity index (χ2n) is 6.34. The number of carbonyl (C=O) groups is 2. The topological polar surface area (TPSA) is 90.2 Å². The first kappa shape index (κ1) is 19.5. The van der Waals surface area contributed by atoms with Crippen molar-refractivity contribution in [1.82, 2.24) is 15.1 Å². The van der Waals surface area contributed by atoms with Crippen LogP contribution in [0, 0.1) is 0 Å². The zero-order valence-electron chi connectivity index (χ0n) is 15.9. The standard InChI is InChI=1S/C20H25N5O3/c1-2-21-20(22-15-18(26)23-16-7-4-3-5-8-16)25-12-10-24(11-13-25)19(27)17-9-6-14-28-17/h3-9,14H,2,10-13,15H2,1H3,(H,21,22)(H,23,26). The first-order valence-electron chi connectivity index (χ1n) is 9.38. The van der Waals surface area contributed by atoms with Gasteiger partial charge < -0.3 is 24.9 Å². The normalized spacial score (nSPS) is 14.7. The largest absolute Gasteiger partial charge is 0.459 e. The SMILES string of the molecule is CCNC(=NCC(=O)Nc1ccccc1)N1CCN(C(=O)c2ccco2)CC1. The Morgan fingerprint density at radius 3 is 2.39 bits per heavy atom. The number of benzene rings is 1. The van der Waals surface area contributed by atoms with E-state index in [1.165, 1.54) is 6.26 Å². The van der Waals surface area contributed by atoms with Crippen LogP contribution in [0.3, 0.4) is 0 Å². The molecule has 1 aliphatic rings. The van der Waals surface area contributed by atoms with Crippen LogP contribution in [0.15, 0.2) is 58.1 Å². The van der Waals surface area contributed by atoms with Gasteiger partial charge in [-0.25, -0.2) is 4.99 Å². The number of hydrogen-bond donors (Lipinski definition) is 2. The molecule has 0 saturated carbocycles. The van der Waals surface area contributed by atoms with Gasteiger partial charge in [0.05, 0.1) is 6.26 Å². The Morgan fingerprint density at radius 1 is 1.04 bits per heavy atom. The van der Waals surface area contributed by atoms with Crippen LogP contribution in [0.1, 0.15) is 17.5 Å².